The van der Waals surface area contributed by atoms with Crippen LogP contribution in [0.1, 0.15) is 50.8 Å². The Hall–Kier alpha value is -1.52. The minimum Gasteiger partial charge on any atom is -0.395 e. The zero-order valence-corrected chi connectivity index (χ0v) is 11.9. The Balaban J connectivity index is 2.69. The highest BCUT2D eigenvalue weighted by Gasteiger charge is 2.24. The minimum atomic E-state index is -0.211. The Morgan fingerprint density at radius 3 is 2.56 bits per heavy atom. The molecular weight excluding hydrogens is 228 g/mol. The number of nitrogens with one attached hydrogen (secondary N) is 2. The lowest BCUT2D eigenvalue weighted by Crippen LogP contribution is -2.37. The number of aryl methyl sites for hydroxylation is 1. The molecule has 5 heteroatoms. The number of hydrogen-bond donors (Lipinski definition) is 3. The van der Waals surface area contributed by atoms with Gasteiger partial charge < -0.3 is 11.1 Å². The van der Waals surface area contributed by atoms with Gasteiger partial charge in [0.1, 0.15) is 0 Å². The maximum absolute atomic E-state index is 12.0. The number of nitrogen functional groups attached to an aromatic ring is 1. The van der Waals surface area contributed by atoms with Gasteiger partial charge in [-0.3, -0.25) is 9.89 Å². The molecule has 1 heterocycles. The van der Waals surface area contributed by atoms with Crippen molar-refractivity contribution in [1.82, 2.24) is 15.5 Å². The lowest BCUT2D eigenvalue weighted by molar-refractivity contribution is 0.0920. The van der Waals surface area contributed by atoms with Crippen LogP contribution in [-0.2, 0) is 6.42 Å². The first-order chi connectivity index (χ1) is 8.29. The number of anilines is 1. The Kier molecular flexibility index (Phi) is 4.38. The van der Waals surface area contributed by atoms with Crippen LogP contribution in [0.2, 0.25) is 0 Å². The number of rotatable bonds is 5. The van der Waals surface area contributed by atoms with Crippen LogP contribution in [0.3, 0.4) is 0 Å². The molecule has 0 aliphatic carbocycles. The van der Waals surface area contributed by atoms with Crippen molar-refractivity contribution in [2.75, 3.05) is 12.3 Å². The molecule has 0 bridgehead atoms. The number of aromatic nitrogens is 2. The van der Waals surface area contributed by atoms with Crippen LogP contribution >= 0.6 is 0 Å². The molecule has 0 atom stereocenters. The van der Waals surface area contributed by atoms with Crippen molar-refractivity contribution in [3.05, 3.63) is 11.4 Å². The highest BCUT2D eigenvalue weighted by atomic mass is 16.1. The first kappa shape index (κ1) is 14.5. The molecule has 0 fully saturated rings. The number of nitrogens with zero attached hydrogens (tertiary/aromatic N) is 1. The number of carbonyl (C=O) groups is 1. The van der Waals surface area contributed by atoms with E-state index in [1.54, 1.807) is 0 Å². The third kappa shape index (κ3) is 3.03. The number of carbonyl (C=O) groups excluding carboxylic acids is 1. The monoisotopic (exact) mass is 252 g/mol. The van der Waals surface area contributed by atoms with Gasteiger partial charge in [0, 0.05) is 6.54 Å². The molecule has 18 heavy (non-hydrogen) atoms. The number of H-pyrrole nitrogens is 1. The second-order valence-electron chi connectivity index (χ2n) is 5.64. The van der Waals surface area contributed by atoms with Gasteiger partial charge >= 0.3 is 0 Å². The third-order valence-corrected chi connectivity index (χ3v) is 3.72. The van der Waals surface area contributed by atoms with E-state index in [-0.39, 0.29) is 11.3 Å². The first-order valence-electron chi connectivity index (χ1n) is 6.40. The van der Waals surface area contributed by atoms with Crippen LogP contribution < -0.4 is 11.1 Å². The third-order valence-electron chi connectivity index (χ3n) is 3.72. The maximum Gasteiger partial charge on any atom is 0.273 e. The van der Waals surface area contributed by atoms with Crippen molar-refractivity contribution in [3.8, 4) is 0 Å². The zero-order chi connectivity index (χ0) is 13.9. The van der Waals surface area contributed by atoms with E-state index < -0.39 is 0 Å². The Morgan fingerprint density at radius 1 is 1.50 bits per heavy atom. The molecule has 5 nitrogen and oxygen atoms in total. The summed E-state index contributed by atoms with van der Waals surface area (Å²) in [6.45, 7) is 11.1. The molecule has 1 rings (SSSR count). The first-order valence-corrected chi connectivity index (χ1v) is 6.40. The van der Waals surface area contributed by atoms with Crippen LogP contribution in [0.5, 0.6) is 0 Å². The van der Waals surface area contributed by atoms with E-state index in [4.69, 9.17) is 5.73 Å². The van der Waals surface area contributed by atoms with Gasteiger partial charge in [-0.1, -0.05) is 34.6 Å². The quantitative estimate of drug-likeness (QED) is 0.749. The van der Waals surface area contributed by atoms with Gasteiger partial charge in [-0.05, 0) is 17.8 Å². The van der Waals surface area contributed by atoms with Gasteiger partial charge in [0.2, 0.25) is 0 Å². The van der Waals surface area contributed by atoms with Crippen molar-refractivity contribution < 1.29 is 4.79 Å². The number of hydrogen-bond acceptors (Lipinski definition) is 3. The predicted molar refractivity (Wildman–Crippen MR) is 73.3 cm³/mol. The van der Waals surface area contributed by atoms with Crippen molar-refractivity contribution in [1.29, 1.82) is 0 Å². The standard InChI is InChI=1S/C13H24N4O/c1-6-9-10(14)11(17-16-9)12(18)15-7-13(4,5)8(2)3/h8H,6-7,14H2,1-5H3,(H,15,18)(H,16,17). The maximum atomic E-state index is 12.0. The molecule has 1 amide bonds. The topological polar surface area (TPSA) is 83.8 Å². The molecule has 1 aromatic rings. The van der Waals surface area contributed by atoms with Crippen molar-refractivity contribution in [3.63, 3.8) is 0 Å². The highest BCUT2D eigenvalue weighted by molar-refractivity contribution is 5.97. The van der Waals surface area contributed by atoms with Gasteiger partial charge in [-0.15, -0.1) is 0 Å². The van der Waals surface area contributed by atoms with E-state index in [1.165, 1.54) is 0 Å². The SMILES string of the molecule is CCc1[nH]nc(C(=O)NCC(C)(C)C(C)C)c1N. The largest absolute Gasteiger partial charge is 0.395 e. The molecule has 0 spiro atoms. The van der Waals surface area contributed by atoms with Gasteiger partial charge in [0.25, 0.3) is 5.91 Å². The number of aromatic amines is 1. The summed E-state index contributed by atoms with van der Waals surface area (Å²) in [5, 5.41) is 9.66. The summed E-state index contributed by atoms with van der Waals surface area (Å²) in [7, 11) is 0. The molecule has 0 aliphatic heterocycles. The van der Waals surface area contributed by atoms with Crippen molar-refractivity contribution >= 4 is 11.6 Å². The second-order valence-corrected chi connectivity index (χ2v) is 5.64. The average molecular weight is 252 g/mol. The van der Waals surface area contributed by atoms with Crippen LogP contribution in [0.4, 0.5) is 5.69 Å². The van der Waals surface area contributed by atoms with Crippen molar-refractivity contribution in [2.45, 2.75) is 41.0 Å². The van der Waals surface area contributed by atoms with Gasteiger partial charge in [0.15, 0.2) is 5.69 Å². The fourth-order valence-corrected chi connectivity index (χ4v) is 1.43. The molecule has 102 valence electrons. The lowest BCUT2D eigenvalue weighted by Gasteiger charge is -2.29. The van der Waals surface area contributed by atoms with E-state index in [1.807, 2.05) is 6.92 Å². The Morgan fingerprint density at radius 2 is 2.11 bits per heavy atom. The summed E-state index contributed by atoms with van der Waals surface area (Å²) in [6, 6.07) is 0. The van der Waals surface area contributed by atoms with E-state index in [0.717, 1.165) is 12.1 Å². The lowest BCUT2D eigenvalue weighted by atomic mass is 9.81. The van der Waals surface area contributed by atoms with E-state index in [0.29, 0.717) is 23.8 Å². The van der Waals surface area contributed by atoms with E-state index >= 15 is 0 Å². The fraction of sp³-hybridized carbons (Fsp3) is 0.692. The Labute approximate surface area is 109 Å². The zero-order valence-electron chi connectivity index (χ0n) is 11.9. The van der Waals surface area contributed by atoms with E-state index in [2.05, 4.69) is 43.2 Å². The Bertz CT molecular complexity index is 421. The summed E-state index contributed by atoms with van der Waals surface area (Å²) in [6.07, 6.45) is 0.740. The minimum absolute atomic E-state index is 0.0499. The summed E-state index contributed by atoms with van der Waals surface area (Å²) in [4.78, 5) is 12.0. The summed E-state index contributed by atoms with van der Waals surface area (Å²) in [5.74, 6) is 0.276. The number of nitrogens with two attached hydrogens (primary N) is 1. The highest BCUT2D eigenvalue weighted by Crippen LogP contribution is 2.25. The fourth-order valence-electron chi connectivity index (χ4n) is 1.43. The molecule has 0 saturated heterocycles. The number of amides is 1. The summed E-state index contributed by atoms with van der Waals surface area (Å²) < 4.78 is 0. The molecular formula is C13H24N4O. The molecule has 1 aromatic heterocycles. The van der Waals surface area contributed by atoms with E-state index in [9.17, 15) is 4.79 Å². The van der Waals surface area contributed by atoms with Crippen LogP contribution in [0.15, 0.2) is 0 Å². The van der Waals surface area contributed by atoms with Crippen LogP contribution in [0, 0.1) is 11.3 Å². The molecule has 0 saturated carbocycles. The summed E-state index contributed by atoms with van der Waals surface area (Å²) >= 11 is 0. The van der Waals surface area contributed by atoms with Crippen LogP contribution in [0.25, 0.3) is 0 Å². The smallest absolute Gasteiger partial charge is 0.273 e. The summed E-state index contributed by atoms with van der Waals surface area (Å²) in [5.41, 5.74) is 7.47. The van der Waals surface area contributed by atoms with Gasteiger partial charge in [0.05, 0.1) is 11.4 Å². The normalized spacial score (nSPS) is 11.9. The molecule has 0 aliphatic rings. The van der Waals surface area contributed by atoms with Crippen molar-refractivity contribution in [2.24, 2.45) is 11.3 Å². The second kappa shape index (κ2) is 5.42. The average Bonchev–Trinajstić information content (AvgIpc) is 2.67. The molecule has 0 radical (unpaired) electrons. The molecule has 0 aromatic carbocycles. The predicted octanol–water partition coefficient (Wildman–Crippen LogP) is 1.97. The van der Waals surface area contributed by atoms with Gasteiger partial charge in [-0.2, -0.15) is 5.10 Å². The molecule has 0 unspecified atom stereocenters. The van der Waals surface area contributed by atoms with Gasteiger partial charge in [-0.25, -0.2) is 0 Å². The van der Waals surface area contributed by atoms with Crippen LogP contribution in [-0.4, -0.2) is 22.6 Å². The molecule has 4 N–H and O–H groups in total.